The highest BCUT2D eigenvalue weighted by Crippen LogP contribution is 2.20. The van der Waals surface area contributed by atoms with E-state index >= 15 is 0 Å². The number of nitrogens with zero attached hydrogens (tertiary/aromatic N) is 2. The molecular weight excluding hydrogens is 286 g/mol. The highest BCUT2D eigenvalue weighted by Gasteiger charge is 2.28. The van der Waals surface area contributed by atoms with Gasteiger partial charge in [0.2, 0.25) is 10.0 Å². The summed E-state index contributed by atoms with van der Waals surface area (Å²) in [5.74, 6) is 0. The highest BCUT2D eigenvalue weighted by atomic mass is 32.2. The molecule has 1 aliphatic rings. The molecule has 2 unspecified atom stereocenters. The zero-order valence-corrected chi connectivity index (χ0v) is 13.8. The molecule has 2 atom stereocenters. The Bertz CT molecular complexity index is 563. The van der Waals surface area contributed by atoms with Crippen molar-refractivity contribution >= 4 is 10.0 Å². The third-order valence-corrected chi connectivity index (χ3v) is 5.60. The van der Waals surface area contributed by atoms with Gasteiger partial charge in [-0.2, -0.15) is 4.31 Å². The van der Waals surface area contributed by atoms with Crippen molar-refractivity contribution in [3.63, 3.8) is 0 Å². The molecule has 118 valence electrons. The number of sulfonamides is 1. The third kappa shape index (κ3) is 4.03. The second kappa shape index (κ2) is 6.44. The van der Waals surface area contributed by atoms with Crippen LogP contribution in [-0.4, -0.2) is 56.1 Å². The van der Waals surface area contributed by atoms with Gasteiger partial charge in [-0.3, -0.25) is 4.90 Å². The van der Waals surface area contributed by atoms with Gasteiger partial charge in [0.05, 0.1) is 6.26 Å². The molecule has 0 amide bonds. The largest absolute Gasteiger partial charge is 0.323 e. The van der Waals surface area contributed by atoms with E-state index < -0.39 is 10.0 Å². The maximum absolute atomic E-state index is 11.5. The van der Waals surface area contributed by atoms with Crippen LogP contribution in [0.2, 0.25) is 0 Å². The molecule has 0 spiro atoms. The molecule has 2 rings (SSSR count). The molecule has 1 fully saturated rings. The maximum atomic E-state index is 11.5. The molecule has 5 nitrogen and oxygen atoms in total. The van der Waals surface area contributed by atoms with E-state index in [1.54, 1.807) is 0 Å². The van der Waals surface area contributed by atoms with Crippen molar-refractivity contribution in [3.8, 4) is 0 Å². The molecule has 6 heteroatoms. The quantitative estimate of drug-likeness (QED) is 0.899. The second-order valence-electron chi connectivity index (χ2n) is 5.88. The number of benzene rings is 1. The average Bonchev–Trinajstić information content (AvgIpc) is 2.46. The van der Waals surface area contributed by atoms with Crippen LogP contribution in [0.5, 0.6) is 0 Å². The van der Waals surface area contributed by atoms with Crippen molar-refractivity contribution < 1.29 is 8.42 Å². The molecule has 1 aliphatic heterocycles. The standard InChI is InChI=1S/C15H25N3O2S/c1-12-4-6-14(7-5-12)15(16)13(2)17-8-10-18(11-9-17)21(3,19)20/h4-7,13,15H,8-11,16H2,1-3H3. The topological polar surface area (TPSA) is 66.6 Å². The summed E-state index contributed by atoms with van der Waals surface area (Å²) in [6.45, 7) is 6.72. The van der Waals surface area contributed by atoms with Crippen LogP contribution < -0.4 is 5.73 Å². The van der Waals surface area contributed by atoms with Crippen molar-refractivity contribution in [3.05, 3.63) is 35.4 Å². The van der Waals surface area contributed by atoms with Crippen LogP contribution in [0, 0.1) is 6.92 Å². The molecule has 1 saturated heterocycles. The molecular formula is C15H25N3O2S. The minimum Gasteiger partial charge on any atom is -0.323 e. The van der Waals surface area contributed by atoms with Crippen molar-refractivity contribution in [1.29, 1.82) is 0 Å². The zero-order valence-electron chi connectivity index (χ0n) is 13.0. The molecule has 0 saturated carbocycles. The first-order chi connectivity index (χ1) is 9.79. The van der Waals surface area contributed by atoms with E-state index in [-0.39, 0.29) is 12.1 Å². The van der Waals surface area contributed by atoms with E-state index in [0.29, 0.717) is 13.1 Å². The Labute approximate surface area is 127 Å². The molecule has 1 heterocycles. The van der Waals surface area contributed by atoms with E-state index in [0.717, 1.165) is 18.7 Å². The fourth-order valence-corrected chi connectivity index (χ4v) is 3.56. The monoisotopic (exact) mass is 311 g/mol. The lowest BCUT2D eigenvalue weighted by atomic mass is 9.99. The fraction of sp³-hybridized carbons (Fsp3) is 0.600. The molecule has 21 heavy (non-hydrogen) atoms. The highest BCUT2D eigenvalue weighted by molar-refractivity contribution is 7.88. The van der Waals surface area contributed by atoms with Gasteiger partial charge in [0, 0.05) is 38.3 Å². The van der Waals surface area contributed by atoms with Gasteiger partial charge >= 0.3 is 0 Å². The molecule has 1 aromatic carbocycles. The van der Waals surface area contributed by atoms with Crippen LogP contribution >= 0.6 is 0 Å². The Morgan fingerprint density at radius 1 is 1.10 bits per heavy atom. The van der Waals surface area contributed by atoms with Crippen molar-refractivity contribution in [2.45, 2.75) is 25.9 Å². The summed E-state index contributed by atoms with van der Waals surface area (Å²) in [7, 11) is -3.08. The van der Waals surface area contributed by atoms with Gasteiger partial charge in [0.1, 0.15) is 0 Å². The predicted molar refractivity (Wildman–Crippen MR) is 85.6 cm³/mol. The number of rotatable bonds is 4. The summed E-state index contributed by atoms with van der Waals surface area (Å²) in [5.41, 5.74) is 8.71. The van der Waals surface area contributed by atoms with Crippen molar-refractivity contribution in [2.24, 2.45) is 5.73 Å². The SMILES string of the molecule is Cc1ccc(C(N)C(C)N2CCN(S(C)(=O)=O)CC2)cc1. The minimum atomic E-state index is -3.08. The Hall–Kier alpha value is -0.950. The van der Waals surface area contributed by atoms with E-state index in [9.17, 15) is 8.42 Å². The Kier molecular flexibility index (Phi) is 5.03. The first-order valence-corrected chi connectivity index (χ1v) is 9.15. The van der Waals surface area contributed by atoms with Crippen molar-refractivity contribution in [1.82, 2.24) is 9.21 Å². The number of nitrogens with two attached hydrogens (primary N) is 1. The average molecular weight is 311 g/mol. The van der Waals surface area contributed by atoms with Gasteiger partial charge in [0.25, 0.3) is 0 Å². The molecule has 0 aliphatic carbocycles. The summed E-state index contributed by atoms with van der Waals surface area (Å²) >= 11 is 0. The van der Waals surface area contributed by atoms with Crippen LogP contribution in [0.3, 0.4) is 0 Å². The van der Waals surface area contributed by atoms with Gasteiger partial charge in [-0.25, -0.2) is 8.42 Å². The predicted octanol–water partition coefficient (Wildman–Crippen LogP) is 0.961. The third-order valence-electron chi connectivity index (χ3n) is 4.30. The lowest BCUT2D eigenvalue weighted by molar-refractivity contribution is 0.130. The molecule has 1 aromatic rings. The minimum absolute atomic E-state index is 0.0598. The van der Waals surface area contributed by atoms with Crippen LogP contribution in [0.15, 0.2) is 24.3 Å². The van der Waals surface area contributed by atoms with Gasteiger partial charge in [-0.1, -0.05) is 29.8 Å². The molecule has 0 bridgehead atoms. The Morgan fingerprint density at radius 3 is 2.10 bits per heavy atom. The van der Waals surface area contributed by atoms with E-state index in [1.807, 2.05) is 0 Å². The smallest absolute Gasteiger partial charge is 0.211 e. The van der Waals surface area contributed by atoms with Gasteiger partial charge in [-0.15, -0.1) is 0 Å². The van der Waals surface area contributed by atoms with Crippen LogP contribution in [-0.2, 0) is 10.0 Å². The van der Waals surface area contributed by atoms with Crippen LogP contribution in [0.25, 0.3) is 0 Å². The first kappa shape index (κ1) is 16.4. The molecule has 2 N–H and O–H groups in total. The number of hydrogen-bond donors (Lipinski definition) is 1. The Balaban J connectivity index is 1.98. The summed E-state index contributed by atoms with van der Waals surface area (Å²) in [5, 5.41) is 0. The van der Waals surface area contributed by atoms with Crippen LogP contribution in [0.1, 0.15) is 24.1 Å². The summed E-state index contributed by atoms with van der Waals surface area (Å²) in [6, 6.07) is 8.42. The summed E-state index contributed by atoms with van der Waals surface area (Å²) in [4.78, 5) is 2.27. The van der Waals surface area contributed by atoms with Gasteiger partial charge < -0.3 is 5.73 Å². The number of piperazine rings is 1. The number of hydrogen-bond acceptors (Lipinski definition) is 4. The maximum Gasteiger partial charge on any atom is 0.211 e. The fourth-order valence-electron chi connectivity index (χ4n) is 2.74. The summed E-state index contributed by atoms with van der Waals surface area (Å²) in [6.07, 6.45) is 1.27. The van der Waals surface area contributed by atoms with Gasteiger partial charge in [-0.05, 0) is 19.4 Å². The van der Waals surface area contributed by atoms with Gasteiger partial charge in [0.15, 0.2) is 0 Å². The lowest BCUT2D eigenvalue weighted by Gasteiger charge is -2.39. The van der Waals surface area contributed by atoms with E-state index in [2.05, 4.69) is 43.0 Å². The van der Waals surface area contributed by atoms with Crippen molar-refractivity contribution in [2.75, 3.05) is 32.4 Å². The second-order valence-corrected chi connectivity index (χ2v) is 7.86. The zero-order chi connectivity index (χ0) is 15.6. The van der Waals surface area contributed by atoms with E-state index in [1.165, 1.54) is 16.1 Å². The summed E-state index contributed by atoms with van der Waals surface area (Å²) < 4.78 is 24.6. The van der Waals surface area contributed by atoms with Crippen LogP contribution in [0.4, 0.5) is 0 Å². The molecule has 0 radical (unpaired) electrons. The normalized spacial score (nSPS) is 21.1. The Morgan fingerprint density at radius 2 is 1.62 bits per heavy atom. The lowest BCUT2D eigenvalue weighted by Crippen LogP contribution is -2.53. The number of aryl methyl sites for hydroxylation is 1. The first-order valence-electron chi connectivity index (χ1n) is 7.30. The molecule has 0 aromatic heterocycles. The van der Waals surface area contributed by atoms with E-state index in [4.69, 9.17) is 5.73 Å².